The van der Waals surface area contributed by atoms with Gasteiger partial charge in [-0.1, -0.05) is 44.2 Å². The summed E-state index contributed by atoms with van der Waals surface area (Å²) in [4.78, 5) is 2.40. The van der Waals surface area contributed by atoms with Gasteiger partial charge in [0.05, 0.1) is 0 Å². The van der Waals surface area contributed by atoms with Crippen molar-refractivity contribution in [1.29, 1.82) is 0 Å². The fourth-order valence-corrected chi connectivity index (χ4v) is 2.08. The zero-order valence-corrected chi connectivity index (χ0v) is 11.4. The highest BCUT2D eigenvalue weighted by Gasteiger charge is 2.12. The molecule has 2 heteroatoms. The molecule has 17 heavy (non-hydrogen) atoms. The molecule has 1 atom stereocenters. The molecule has 1 rings (SSSR count). The van der Waals surface area contributed by atoms with Gasteiger partial charge in [-0.2, -0.15) is 0 Å². The van der Waals surface area contributed by atoms with Crippen LogP contribution < -0.4 is 5.32 Å². The Balaban J connectivity index is 2.60. The molecule has 1 unspecified atom stereocenters. The van der Waals surface area contributed by atoms with Crippen LogP contribution in [0.1, 0.15) is 38.3 Å². The molecular formula is C15H26N2. The van der Waals surface area contributed by atoms with Crippen LogP contribution in [0.2, 0.25) is 0 Å². The lowest BCUT2D eigenvalue weighted by atomic mass is 10.1. The van der Waals surface area contributed by atoms with Gasteiger partial charge in [0.15, 0.2) is 0 Å². The second-order valence-corrected chi connectivity index (χ2v) is 4.68. The molecule has 0 amide bonds. The van der Waals surface area contributed by atoms with Gasteiger partial charge in [-0.25, -0.2) is 0 Å². The highest BCUT2D eigenvalue weighted by molar-refractivity contribution is 5.19. The monoisotopic (exact) mass is 234 g/mol. The lowest BCUT2D eigenvalue weighted by Crippen LogP contribution is -2.33. The van der Waals surface area contributed by atoms with E-state index in [0.29, 0.717) is 6.04 Å². The van der Waals surface area contributed by atoms with E-state index in [1.807, 2.05) is 0 Å². The Labute approximate surface area is 106 Å². The summed E-state index contributed by atoms with van der Waals surface area (Å²) < 4.78 is 0. The van der Waals surface area contributed by atoms with Gasteiger partial charge in [0, 0.05) is 12.6 Å². The molecule has 0 bridgehead atoms. The fraction of sp³-hybridized carbons (Fsp3) is 0.600. The van der Waals surface area contributed by atoms with Crippen LogP contribution in [0.4, 0.5) is 0 Å². The Hall–Kier alpha value is -0.860. The minimum Gasteiger partial charge on any atom is -0.309 e. The van der Waals surface area contributed by atoms with Crippen LogP contribution in [-0.2, 0) is 0 Å². The molecule has 2 nitrogen and oxygen atoms in total. The van der Waals surface area contributed by atoms with Crippen molar-refractivity contribution >= 4 is 0 Å². The molecule has 0 radical (unpaired) electrons. The number of rotatable bonds is 8. The van der Waals surface area contributed by atoms with Crippen LogP contribution >= 0.6 is 0 Å². The van der Waals surface area contributed by atoms with Crippen molar-refractivity contribution in [1.82, 2.24) is 10.2 Å². The zero-order chi connectivity index (χ0) is 12.5. The van der Waals surface area contributed by atoms with Crippen molar-refractivity contribution in [2.24, 2.45) is 0 Å². The van der Waals surface area contributed by atoms with Crippen molar-refractivity contribution in [2.75, 3.05) is 26.7 Å². The minimum absolute atomic E-state index is 0.452. The van der Waals surface area contributed by atoms with Crippen LogP contribution in [0, 0.1) is 0 Å². The third kappa shape index (κ3) is 5.33. The first-order chi connectivity index (χ1) is 8.27. The van der Waals surface area contributed by atoms with E-state index in [0.717, 1.165) is 19.6 Å². The van der Waals surface area contributed by atoms with Crippen molar-refractivity contribution < 1.29 is 0 Å². The average molecular weight is 234 g/mol. The molecule has 0 aliphatic heterocycles. The first-order valence-corrected chi connectivity index (χ1v) is 6.74. The van der Waals surface area contributed by atoms with Crippen LogP contribution in [-0.4, -0.2) is 31.6 Å². The average Bonchev–Trinajstić information content (AvgIpc) is 2.36. The second kappa shape index (κ2) is 8.26. The van der Waals surface area contributed by atoms with Gasteiger partial charge >= 0.3 is 0 Å². The molecule has 0 spiro atoms. The normalized spacial score (nSPS) is 12.9. The Kier molecular flexibility index (Phi) is 6.90. The van der Waals surface area contributed by atoms with E-state index in [4.69, 9.17) is 0 Å². The molecule has 0 aliphatic rings. The van der Waals surface area contributed by atoms with Crippen molar-refractivity contribution in [3.8, 4) is 0 Å². The molecule has 1 aromatic carbocycles. The predicted molar refractivity (Wildman–Crippen MR) is 75.3 cm³/mol. The van der Waals surface area contributed by atoms with Gasteiger partial charge in [0.25, 0.3) is 0 Å². The van der Waals surface area contributed by atoms with Crippen LogP contribution in [0.25, 0.3) is 0 Å². The third-order valence-electron chi connectivity index (χ3n) is 2.94. The summed E-state index contributed by atoms with van der Waals surface area (Å²) >= 11 is 0. The van der Waals surface area contributed by atoms with Crippen molar-refractivity contribution in [2.45, 2.75) is 32.7 Å². The van der Waals surface area contributed by atoms with E-state index in [-0.39, 0.29) is 0 Å². The number of benzene rings is 1. The summed E-state index contributed by atoms with van der Waals surface area (Å²) in [6.07, 6.45) is 2.40. The molecule has 0 saturated heterocycles. The first kappa shape index (κ1) is 14.2. The van der Waals surface area contributed by atoms with Crippen LogP contribution in [0.15, 0.2) is 30.3 Å². The van der Waals surface area contributed by atoms with E-state index in [9.17, 15) is 0 Å². The lowest BCUT2D eigenvalue weighted by Gasteiger charge is -2.25. The second-order valence-electron chi connectivity index (χ2n) is 4.68. The largest absolute Gasteiger partial charge is 0.309 e. The molecule has 1 N–H and O–H groups in total. The summed E-state index contributed by atoms with van der Waals surface area (Å²) in [6, 6.07) is 11.2. The topological polar surface area (TPSA) is 15.3 Å². The Morgan fingerprint density at radius 1 is 1.12 bits per heavy atom. The van der Waals surface area contributed by atoms with Gasteiger partial charge in [0.2, 0.25) is 0 Å². The maximum Gasteiger partial charge on any atom is 0.0449 e. The first-order valence-electron chi connectivity index (χ1n) is 6.74. The van der Waals surface area contributed by atoms with E-state index in [1.54, 1.807) is 0 Å². The summed E-state index contributed by atoms with van der Waals surface area (Å²) in [5, 5.41) is 3.63. The quantitative estimate of drug-likeness (QED) is 0.743. The molecule has 1 aromatic rings. The number of nitrogens with one attached hydrogen (secondary N) is 1. The SMILES string of the molecule is CCCNC(CN(C)CCC)c1ccccc1. The van der Waals surface area contributed by atoms with Gasteiger partial charge in [0.1, 0.15) is 0 Å². The number of hydrogen-bond donors (Lipinski definition) is 1. The van der Waals surface area contributed by atoms with Gasteiger partial charge in [-0.05, 0) is 38.5 Å². The van der Waals surface area contributed by atoms with Crippen LogP contribution in [0.3, 0.4) is 0 Å². The smallest absolute Gasteiger partial charge is 0.0449 e. The standard InChI is InChI=1S/C15H26N2/c1-4-11-16-15(13-17(3)12-5-2)14-9-7-6-8-10-14/h6-10,15-16H,4-5,11-13H2,1-3H3. The predicted octanol–water partition coefficient (Wildman–Crippen LogP) is 3.07. The fourth-order valence-electron chi connectivity index (χ4n) is 2.08. The minimum atomic E-state index is 0.452. The lowest BCUT2D eigenvalue weighted by molar-refractivity contribution is 0.291. The molecule has 0 aromatic heterocycles. The van der Waals surface area contributed by atoms with Crippen molar-refractivity contribution in [3.05, 3.63) is 35.9 Å². The number of likely N-dealkylation sites (N-methyl/N-ethyl adjacent to an activating group) is 1. The number of hydrogen-bond acceptors (Lipinski definition) is 2. The summed E-state index contributed by atoms with van der Waals surface area (Å²) in [5.74, 6) is 0. The highest BCUT2D eigenvalue weighted by Crippen LogP contribution is 2.13. The summed E-state index contributed by atoms with van der Waals surface area (Å²) in [5.41, 5.74) is 1.39. The molecule has 0 heterocycles. The maximum atomic E-state index is 3.63. The molecule has 0 fully saturated rings. The summed E-state index contributed by atoms with van der Waals surface area (Å²) in [6.45, 7) is 7.77. The Bertz CT molecular complexity index is 284. The maximum absolute atomic E-state index is 3.63. The number of nitrogens with zero attached hydrogens (tertiary/aromatic N) is 1. The Morgan fingerprint density at radius 2 is 1.82 bits per heavy atom. The molecule has 0 saturated carbocycles. The van der Waals surface area contributed by atoms with E-state index < -0.39 is 0 Å². The van der Waals surface area contributed by atoms with Crippen LogP contribution in [0.5, 0.6) is 0 Å². The zero-order valence-electron chi connectivity index (χ0n) is 11.4. The van der Waals surface area contributed by atoms with Crippen molar-refractivity contribution in [3.63, 3.8) is 0 Å². The molecule has 0 aliphatic carbocycles. The van der Waals surface area contributed by atoms with E-state index in [1.165, 1.54) is 18.4 Å². The third-order valence-corrected chi connectivity index (χ3v) is 2.94. The summed E-state index contributed by atoms with van der Waals surface area (Å²) in [7, 11) is 2.20. The van der Waals surface area contributed by atoms with E-state index >= 15 is 0 Å². The van der Waals surface area contributed by atoms with E-state index in [2.05, 4.69) is 61.4 Å². The van der Waals surface area contributed by atoms with Gasteiger partial charge < -0.3 is 10.2 Å². The van der Waals surface area contributed by atoms with Gasteiger partial charge in [-0.15, -0.1) is 0 Å². The van der Waals surface area contributed by atoms with Gasteiger partial charge in [-0.3, -0.25) is 0 Å². The Morgan fingerprint density at radius 3 is 2.41 bits per heavy atom. The molecular weight excluding hydrogens is 208 g/mol. The highest BCUT2D eigenvalue weighted by atomic mass is 15.1. The molecule has 96 valence electrons.